The zero-order valence-electron chi connectivity index (χ0n) is 18.1. The molecule has 2 aliphatic rings. The molecule has 3 aromatic carbocycles. The Morgan fingerprint density at radius 2 is 1.40 bits per heavy atom. The minimum Gasteiger partial charge on any atom is -0.454 e. The van der Waals surface area contributed by atoms with Gasteiger partial charge in [0.15, 0.2) is 23.0 Å². The Bertz CT molecular complexity index is 1350. The molecule has 2 amide bonds. The molecule has 5 rings (SSSR count). The van der Waals surface area contributed by atoms with Gasteiger partial charge in [-0.3, -0.25) is 9.59 Å². The third-order valence-corrected chi connectivity index (χ3v) is 5.61. The van der Waals surface area contributed by atoms with E-state index in [-0.39, 0.29) is 19.3 Å². The number of hydrogen-bond acceptors (Lipinski definition) is 7. The predicted molar refractivity (Wildman–Crippen MR) is 130 cm³/mol. The molecule has 0 aromatic heterocycles. The Labute approximate surface area is 208 Å². The maximum Gasteiger partial charge on any atom is 0.287 e. The summed E-state index contributed by atoms with van der Waals surface area (Å²) >= 11 is 3.34. The van der Waals surface area contributed by atoms with E-state index in [0.717, 1.165) is 4.47 Å². The smallest absolute Gasteiger partial charge is 0.287 e. The first-order valence-electron chi connectivity index (χ1n) is 10.5. The van der Waals surface area contributed by atoms with E-state index in [2.05, 4.69) is 31.8 Å². The van der Waals surface area contributed by atoms with Crippen LogP contribution >= 0.6 is 15.9 Å². The average Bonchev–Trinajstić information content (AvgIpc) is 3.52. The molecule has 0 saturated carbocycles. The lowest BCUT2D eigenvalue weighted by atomic mass is 10.1. The van der Waals surface area contributed by atoms with E-state index in [1.54, 1.807) is 60.7 Å². The van der Waals surface area contributed by atoms with E-state index >= 15 is 0 Å². The highest BCUT2D eigenvalue weighted by molar-refractivity contribution is 9.10. The lowest BCUT2D eigenvalue weighted by Crippen LogP contribution is -2.32. The third kappa shape index (κ3) is 5.28. The summed E-state index contributed by atoms with van der Waals surface area (Å²) in [5, 5.41) is 6.68. The fraction of sp³-hybridized carbons (Fsp3) is 0.0800. The Morgan fingerprint density at radius 3 is 2.09 bits per heavy atom. The van der Waals surface area contributed by atoms with Crippen molar-refractivity contribution in [3.05, 3.63) is 87.5 Å². The van der Waals surface area contributed by atoms with E-state index in [9.17, 15) is 9.59 Å². The summed E-state index contributed by atoms with van der Waals surface area (Å²) in [5.41, 5.74) is 4.18. The van der Waals surface area contributed by atoms with E-state index in [1.807, 2.05) is 0 Å². The summed E-state index contributed by atoms with van der Waals surface area (Å²) in [6, 6.07) is 17.3. The largest absolute Gasteiger partial charge is 0.454 e. The molecule has 0 aliphatic carbocycles. The van der Waals surface area contributed by atoms with Crippen LogP contribution in [0.2, 0.25) is 0 Å². The first kappa shape index (κ1) is 22.5. The number of benzene rings is 3. The molecular formula is C25H18BrN3O6. The topological polar surface area (TPSA) is 107 Å². The lowest BCUT2D eigenvalue weighted by molar-refractivity contribution is -0.117. The van der Waals surface area contributed by atoms with Crippen LogP contribution in [0.1, 0.15) is 21.5 Å². The Kier molecular flexibility index (Phi) is 6.36. The Balaban J connectivity index is 1.35. The molecule has 9 nitrogen and oxygen atoms in total. The number of fused-ring (bicyclic) bond motifs is 2. The molecule has 2 N–H and O–H groups in total. The first-order chi connectivity index (χ1) is 17.0. The van der Waals surface area contributed by atoms with E-state index in [1.165, 1.54) is 12.3 Å². The minimum absolute atomic E-state index is 0.000351. The monoisotopic (exact) mass is 535 g/mol. The van der Waals surface area contributed by atoms with Crippen LogP contribution < -0.4 is 29.7 Å². The number of carbonyl (C=O) groups is 2. The number of hydrogen-bond donors (Lipinski definition) is 2. The minimum atomic E-state index is -0.606. The fourth-order valence-corrected chi connectivity index (χ4v) is 3.61. The first-order valence-corrected chi connectivity index (χ1v) is 11.3. The van der Waals surface area contributed by atoms with Crippen molar-refractivity contribution < 1.29 is 28.5 Å². The second-order valence-electron chi connectivity index (χ2n) is 7.44. The van der Waals surface area contributed by atoms with Crippen LogP contribution in [0.15, 0.2) is 75.9 Å². The number of ether oxygens (including phenoxy) is 4. The zero-order chi connectivity index (χ0) is 24.2. The van der Waals surface area contributed by atoms with Gasteiger partial charge < -0.3 is 24.3 Å². The third-order valence-electron chi connectivity index (χ3n) is 5.08. The quantitative estimate of drug-likeness (QED) is 0.282. The summed E-state index contributed by atoms with van der Waals surface area (Å²) in [6.07, 6.45) is 3.00. The number of halogens is 1. The van der Waals surface area contributed by atoms with Crippen molar-refractivity contribution >= 4 is 40.0 Å². The van der Waals surface area contributed by atoms with E-state index in [0.29, 0.717) is 39.7 Å². The van der Waals surface area contributed by atoms with Crippen LogP contribution in [0.25, 0.3) is 6.08 Å². The standard InChI is InChI=1S/C25H18BrN3O6/c26-18-5-3-17(4-6-18)24(30)28-19(9-15-1-7-20-22(10-15)34-13-32-20)25(31)29-27-12-16-2-8-21-23(11-16)35-14-33-21/h1-12H,13-14H2,(H,28,30)(H,29,31). The number of hydrazone groups is 1. The number of carbonyl (C=O) groups excluding carboxylic acids is 2. The van der Waals surface area contributed by atoms with Gasteiger partial charge in [0.1, 0.15) is 5.70 Å². The van der Waals surface area contributed by atoms with Gasteiger partial charge in [-0.15, -0.1) is 0 Å². The second kappa shape index (κ2) is 9.90. The highest BCUT2D eigenvalue weighted by Crippen LogP contribution is 2.33. The zero-order valence-corrected chi connectivity index (χ0v) is 19.7. The molecule has 0 radical (unpaired) electrons. The Hall–Kier alpha value is -4.31. The number of nitrogens with one attached hydrogen (secondary N) is 2. The van der Waals surface area contributed by atoms with Crippen molar-refractivity contribution in [1.29, 1.82) is 0 Å². The van der Waals surface area contributed by atoms with Crippen molar-refractivity contribution in [1.82, 2.24) is 10.7 Å². The molecule has 0 unspecified atom stereocenters. The number of nitrogens with zero attached hydrogens (tertiary/aromatic N) is 1. The molecule has 0 fully saturated rings. The molecule has 2 heterocycles. The Morgan fingerprint density at radius 1 is 0.800 bits per heavy atom. The van der Waals surface area contributed by atoms with Crippen molar-refractivity contribution in [3.63, 3.8) is 0 Å². The van der Waals surface area contributed by atoms with Gasteiger partial charge in [-0.05, 0) is 71.8 Å². The predicted octanol–water partition coefficient (Wildman–Crippen LogP) is 3.83. The summed E-state index contributed by atoms with van der Waals surface area (Å²) in [7, 11) is 0. The summed E-state index contributed by atoms with van der Waals surface area (Å²) < 4.78 is 22.2. The number of amides is 2. The highest BCUT2D eigenvalue weighted by atomic mass is 79.9. The van der Waals surface area contributed by atoms with Gasteiger partial charge in [-0.2, -0.15) is 5.10 Å². The molecule has 0 bridgehead atoms. The van der Waals surface area contributed by atoms with Gasteiger partial charge in [-0.25, -0.2) is 5.43 Å². The summed E-state index contributed by atoms with van der Waals surface area (Å²) in [6.45, 7) is 0.295. The van der Waals surface area contributed by atoms with E-state index < -0.39 is 11.8 Å². The van der Waals surface area contributed by atoms with Gasteiger partial charge in [-0.1, -0.05) is 22.0 Å². The normalized spacial score (nSPS) is 13.7. The van der Waals surface area contributed by atoms with Crippen LogP contribution in [0, 0.1) is 0 Å². The van der Waals surface area contributed by atoms with Crippen LogP contribution in [0.4, 0.5) is 0 Å². The molecule has 0 saturated heterocycles. The fourth-order valence-electron chi connectivity index (χ4n) is 3.34. The molecular weight excluding hydrogens is 518 g/mol. The van der Waals surface area contributed by atoms with E-state index in [4.69, 9.17) is 18.9 Å². The van der Waals surface area contributed by atoms with Crippen molar-refractivity contribution in [3.8, 4) is 23.0 Å². The van der Waals surface area contributed by atoms with Gasteiger partial charge in [0.05, 0.1) is 6.21 Å². The van der Waals surface area contributed by atoms with Gasteiger partial charge >= 0.3 is 0 Å². The van der Waals surface area contributed by atoms with Crippen molar-refractivity contribution in [2.45, 2.75) is 0 Å². The molecule has 35 heavy (non-hydrogen) atoms. The molecule has 0 spiro atoms. The maximum absolute atomic E-state index is 13.0. The summed E-state index contributed by atoms with van der Waals surface area (Å²) in [5.74, 6) is 1.37. The van der Waals surface area contributed by atoms with Crippen molar-refractivity contribution in [2.24, 2.45) is 5.10 Å². The van der Waals surface area contributed by atoms with Gasteiger partial charge in [0.2, 0.25) is 13.6 Å². The van der Waals surface area contributed by atoms with Gasteiger partial charge in [0, 0.05) is 10.0 Å². The van der Waals surface area contributed by atoms with Crippen LogP contribution in [-0.2, 0) is 4.79 Å². The van der Waals surface area contributed by atoms with Crippen LogP contribution in [0.3, 0.4) is 0 Å². The number of rotatable bonds is 6. The molecule has 10 heteroatoms. The molecule has 3 aromatic rings. The van der Waals surface area contributed by atoms with Gasteiger partial charge in [0.25, 0.3) is 11.8 Å². The molecule has 0 atom stereocenters. The second-order valence-corrected chi connectivity index (χ2v) is 8.36. The molecule has 176 valence electrons. The molecule has 2 aliphatic heterocycles. The highest BCUT2D eigenvalue weighted by Gasteiger charge is 2.17. The maximum atomic E-state index is 13.0. The van der Waals surface area contributed by atoms with Crippen LogP contribution in [0.5, 0.6) is 23.0 Å². The summed E-state index contributed by atoms with van der Waals surface area (Å²) in [4.78, 5) is 25.8. The van der Waals surface area contributed by atoms with Crippen molar-refractivity contribution in [2.75, 3.05) is 13.6 Å². The average molecular weight is 536 g/mol. The SMILES string of the molecule is O=C(NN=Cc1ccc2c(c1)OCO2)C(=Cc1ccc2c(c1)OCO2)NC(=O)c1ccc(Br)cc1. The van der Waals surface area contributed by atoms with Crippen LogP contribution in [-0.4, -0.2) is 31.6 Å². The lowest BCUT2D eigenvalue weighted by Gasteiger charge is -2.10.